The van der Waals surface area contributed by atoms with E-state index >= 15 is 0 Å². The summed E-state index contributed by atoms with van der Waals surface area (Å²) in [5.74, 6) is -0.887. The molecule has 1 atom stereocenters. The van der Waals surface area contributed by atoms with Crippen LogP contribution in [-0.2, 0) is 26.2 Å². The van der Waals surface area contributed by atoms with E-state index in [0.717, 1.165) is 16.1 Å². The van der Waals surface area contributed by atoms with Crippen molar-refractivity contribution < 1.29 is 18.0 Å². The van der Waals surface area contributed by atoms with E-state index in [4.69, 9.17) is 23.2 Å². The molecule has 0 aromatic heterocycles. The molecule has 0 radical (unpaired) electrons. The fourth-order valence-corrected chi connectivity index (χ4v) is 4.69. The third-order valence-corrected chi connectivity index (χ3v) is 7.18. The number of nitrogens with one attached hydrogen (secondary N) is 1. The molecule has 2 aromatic carbocycles. The number of nitrogens with zero attached hydrogens (tertiary/aromatic N) is 2. The molecule has 0 spiro atoms. The summed E-state index contributed by atoms with van der Waals surface area (Å²) in [6.07, 6.45) is 1.06. The summed E-state index contributed by atoms with van der Waals surface area (Å²) in [4.78, 5) is 28.0. The third-order valence-electron chi connectivity index (χ3n) is 5.31. The molecular formula is C25H33Cl2N3O4S. The third kappa shape index (κ3) is 8.12. The van der Waals surface area contributed by atoms with Gasteiger partial charge in [0.1, 0.15) is 12.6 Å². The Morgan fingerprint density at radius 1 is 1.03 bits per heavy atom. The fourth-order valence-electron chi connectivity index (χ4n) is 3.47. The maximum Gasteiger partial charge on any atom is 0.244 e. The van der Waals surface area contributed by atoms with Crippen LogP contribution in [-0.4, -0.2) is 49.5 Å². The number of amides is 2. The van der Waals surface area contributed by atoms with Gasteiger partial charge < -0.3 is 10.2 Å². The van der Waals surface area contributed by atoms with Gasteiger partial charge in [-0.15, -0.1) is 0 Å². The molecule has 0 saturated heterocycles. The number of benzene rings is 2. The number of aryl methyl sites for hydroxylation is 2. The molecule has 192 valence electrons. The molecule has 2 aromatic rings. The van der Waals surface area contributed by atoms with Gasteiger partial charge in [0.25, 0.3) is 0 Å². The molecular weight excluding hydrogens is 509 g/mol. The average molecular weight is 543 g/mol. The first kappa shape index (κ1) is 28.9. The van der Waals surface area contributed by atoms with E-state index < -0.39 is 34.1 Å². The van der Waals surface area contributed by atoms with Gasteiger partial charge >= 0.3 is 0 Å². The van der Waals surface area contributed by atoms with Gasteiger partial charge in [-0.25, -0.2) is 8.42 Å². The molecule has 0 heterocycles. The van der Waals surface area contributed by atoms with Crippen LogP contribution in [0.1, 0.15) is 44.4 Å². The first-order chi connectivity index (χ1) is 16.0. The normalized spacial score (nSPS) is 12.7. The molecule has 0 saturated carbocycles. The Kier molecular flexibility index (Phi) is 9.25. The number of carbonyl (C=O) groups is 2. The average Bonchev–Trinajstić information content (AvgIpc) is 2.72. The molecule has 10 heteroatoms. The van der Waals surface area contributed by atoms with Crippen LogP contribution in [0.5, 0.6) is 0 Å². The predicted octanol–water partition coefficient (Wildman–Crippen LogP) is 4.71. The zero-order valence-corrected chi connectivity index (χ0v) is 23.5. The molecule has 0 bridgehead atoms. The van der Waals surface area contributed by atoms with Gasteiger partial charge in [0.15, 0.2) is 0 Å². The number of halogens is 2. The van der Waals surface area contributed by atoms with Crippen molar-refractivity contribution in [2.24, 2.45) is 0 Å². The summed E-state index contributed by atoms with van der Waals surface area (Å²) in [5.41, 5.74) is 2.13. The lowest BCUT2D eigenvalue weighted by Crippen LogP contribution is -2.54. The molecule has 1 N–H and O–H groups in total. The summed E-state index contributed by atoms with van der Waals surface area (Å²) in [5, 5.41) is 3.56. The Hall–Kier alpha value is -2.29. The molecule has 7 nitrogen and oxygen atoms in total. The fraction of sp³-hybridized carbons (Fsp3) is 0.440. The van der Waals surface area contributed by atoms with Gasteiger partial charge in [0.2, 0.25) is 21.8 Å². The lowest BCUT2D eigenvalue weighted by Gasteiger charge is -2.33. The second-order valence-electron chi connectivity index (χ2n) is 9.74. The molecule has 2 amide bonds. The molecule has 2 rings (SSSR count). The quantitative estimate of drug-likeness (QED) is 0.524. The van der Waals surface area contributed by atoms with Crippen LogP contribution in [0.3, 0.4) is 0 Å². The molecule has 0 aliphatic rings. The first-order valence-corrected chi connectivity index (χ1v) is 13.7. The van der Waals surface area contributed by atoms with Crippen molar-refractivity contribution in [1.29, 1.82) is 0 Å². The Labute approximate surface area is 218 Å². The van der Waals surface area contributed by atoms with Crippen LogP contribution < -0.4 is 9.62 Å². The first-order valence-electron chi connectivity index (χ1n) is 11.1. The number of anilines is 1. The summed E-state index contributed by atoms with van der Waals surface area (Å²) >= 11 is 12.2. The summed E-state index contributed by atoms with van der Waals surface area (Å²) in [6.45, 7) is 10.3. The summed E-state index contributed by atoms with van der Waals surface area (Å²) in [7, 11) is -3.80. The zero-order chi connectivity index (χ0) is 26.7. The monoisotopic (exact) mass is 541 g/mol. The smallest absolute Gasteiger partial charge is 0.244 e. The second kappa shape index (κ2) is 11.2. The molecule has 0 unspecified atom stereocenters. The van der Waals surface area contributed by atoms with Crippen LogP contribution in [0.15, 0.2) is 36.4 Å². The van der Waals surface area contributed by atoms with Crippen molar-refractivity contribution in [3.63, 3.8) is 0 Å². The summed E-state index contributed by atoms with van der Waals surface area (Å²) in [6, 6.07) is 9.47. The number of hydrogen-bond acceptors (Lipinski definition) is 4. The van der Waals surface area contributed by atoms with E-state index in [1.165, 1.54) is 4.90 Å². The Morgan fingerprint density at radius 2 is 1.66 bits per heavy atom. The van der Waals surface area contributed by atoms with Crippen molar-refractivity contribution in [2.45, 2.75) is 59.7 Å². The van der Waals surface area contributed by atoms with Crippen LogP contribution in [0.2, 0.25) is 10.0 Å². The van der Waals surface area contributed by atoms with Crippen LogP contribution >= 0.6 is 23.2 Å². The maximum atomic E-state index is 13.6. The lowest BCUT2D eigenvalue weighted by atomic mass is 10.1. The van der Waals surface area contributed by atoms with Crippen molar-refractivity contribution in [3.05, 3.63) is 63.1 Å². The number of rotatable bonds is 8. The van der Waals surface area contributed by atoms with E-state index in [2.05, 4.69) is 5.32 Å². The molecule has 0 aliphatic heterocycles. The van der Waals surface area contributed by atoms with Gasteiger partial charge in [0, 0.05) is 12.1 Å². The second-order valence-corrected chi connectivity index (χ2v) is 12.5. The van der Waals surface area contributed by atoms with Crippen molar-refractivity contribution >= 4 is 50.7 Å². The summed E-state index contributed by atoms with van der Waals surface area (Å²) < 4.78 is 26.5. The topological polar surface area (TPSA) is 86.8 Å². The van der Waals surface area contributed by atoms with Gasteiger partial charge in [-0.2, -0.15) is 0 Å². The van der Waals surface area contributed by atoms with Gasteiger partial charge in [-0.1, -0.05) is 41.4 Å². The van der Waals surface area contributed by atoms with Crippen LogP contribution in [0, 0.1) is 13.8 Å². The number of hydrogen-bond donors (Lipinski definition) is 1. The SMILES string of the molecule is Cc1ccc(C)c(N(CC(=O)N(Cc2ccc(Cl)c(Cl)c2)[C@@H](C)C(=O)NC(C)(C)C)S(C)(=O)=O)c1. The molecule has 0 aliphatic carbocycles. The number of sulfonamides is 1. The van der Waals surface area contributed by atoms with Crippen molar-refractivity contribution in [1.82, 2.24) is 10.2 Å². The minimum absolute atomic E-state index is 0.0405. The van der Waals surface area contributed by atoms with Gasteiger partial charge in [-0.3, -0.25) is 13.9 Å². The van der Waals surface area contributed by atoms with E-state index in [-0.39, 0.29) is 12.5 Å². The highest BCUT2D eigenvalue weighted by atomic mass is 35.5. The van der Waals surface area contributed by atoms with E-state index in [9.17, 15) is 18.0 Å². The Bertz CT molecular complexity index is 1210. The highest BCUT2D eigenvalue weighted by Crippen LogP contribution is 2.26. The minimum atomic E-state index is -3.80. The highest BCUT2D eigenvalue weighted by Gasteiger charge is 2.31. The maximum absolute atomic E-state index is 13.6. The Balaban J connectivity index is 2.47. The number of carbonyl (C=O) groups excluding carboxylic acids is 2. The van der Waals surface area contributed by atoms with Crippen molar-refractivity contribution in [3.8, 4) is 0 Å². The lowest BCUT2D eigenvalue weighted by molar-refractivity contribution is -0.140. The van der Waals surface area contributed by atoms with Crippen LogP contribution in [0.4, 0.5) is 5.69 Å². The van der Waals surface area contributed by atoms with E-state index in [1.54, 1.807) is 44.2 Å². The largest absolute Gasteiger partial charge is 0.350 e. The molecule has 35 heavy (non-hydrogen) atoms. The van der Waals surface area contributed by atoms with E-state index in [0.29, 0.717) is 26.9 Å². The van der Waals surface area contributed by atoms with Crippen molar-refractivity contribution in [2.75, 3.05) is 17.1 Å². The van der Waals surface area contributed by atoms with Gasteiger partial charge in [-0.05, 0) is 76.4 Å². The standard InChI is InChI=1S/C25H33Cl2N3O4S/c1-16-8-9-17(2)22(12-16)30(35(7,33)34)15-23(31)29(18(3)24(32)28-25(4,5)6)14-19-10-11-20(26)21(27)13-19/h8-13,18H,14-15H2,1-7H3,(H,28,32)/t18-/m0/s1. The van der Waals surface area contributed by atoms with Crippen LogP contribution in [0.25, 0.3) is 0 Å². The minimum Gasteiger partial charge on any atom is -0.350 e. The highest BCUT2D eigenvalue weighted by molar-refractivity contribution is 7.92. The van der Waals surface area contributed by atoms with Gasteiger partial charge in [0.05, 0.1) is 22.0 Å². The van der Waals surface area contributed by atoms with E-state index in [1.807, 2.05) is 33.8 Å². The Morgan fingerprint density at radius 3 is 2.20 bits per heavy atom. The molecule has 0 fully saturated rings. The predicted molar refractivity (Wildman–Crippen MR) is 142 cm³/mol. The zero-order valence-electron chi connectivity index (χ0n) is 21.1.